The van der Waals surface area contributed by atoms with Crippen molar-refractivity contribution < 1.29 is 13.2 Å². The van der Waals surface area contributed by atoms with Crippen molar-refractivity contribution in [1.29, 1.82) is 0 Å². The molecular formula is C11H14N2O3S3. The molecule has 0 saturated carbocycles. The van der Waals surface area contributed by atoms with Crippen LogP contribution in [0.4, 0.5) is 0 Å². The first-order chi connectivity index (χ1) is 9.02. The highest BCUT2D eigenvalue weighted by atomic mass is 32.2. The monoisotopic (exact) mass is 318 g/mol. The van der Waals surface area contributed by atoms with Crippen LogP contribution in [0.15, 0.2) is 16.3 Å². The van der Waals surface area contributed by atoms with Crippen LogP contribution >= 0.6 is 22.7 Å². The summed E-state index contributed by atoms with van der Waals surface area (Å²) in [6.45, 7) is 4.38. The van der Waals surface area contributed by atoms with Gasteiger partial charge in [-0.25, -0.2) is 13.6 Å². The Morgan fingerprint density at radius 2 is 2.00 bits per heavy atom. The van der Waals surface area contributed by atoms with E-state index in [0.717, 1.165) is 42.2 Å². The molecule has 0 amide bonds. The third-order valence-electron chi connectivity index (χ3n) is 3.01. The molecule has 19 heavy (non-hydrogen) atoms. The second kappa shape index (κ2) is 5.12. The Labute approximate surface area is 119 Å². The molecule has 1 aliphatic rings. The average molecular weight is 318 g/mol. The quantitative estimate of drug-likeness (QED) is 0.929. The molecule has 2 aromatic heterocycles. The molecule has 1 aliphatic heterocycles. The summed E-state index contributed by atoms with van der Waals surface area (Å²) in [6.07, 6.45) is 0. The van der Waals surface area contributed by atoms with Gasteiger partial charge in [0.2, 0.25) is 10.0 Å². The Bertz CT molecular complexity index is 652. The number of nitrogens with zero attached hydrogens (tertiary/aromatic N) is 1. The van der Waals surface area contributed by atoms with Crippen LogP contribution in [-0.4, -0.2) is 39.6 Å². The number of morpholine rings is 1. The van der Waals surface area contributed by atoms with Gasteiger partial charge < -0.3 is 4.74 Å². The molecule has 3 heterocycles. The van der Waals surface area contributed by atoms with Crippen molar-refractivity contribution in [2.75, 3.05) is 26.3 Å². The molecule has 0 radical (unpaired) electrons. The highest BCUT2D eigenvalue weighted by molar-refractivity contribution is 7.91. The van der Waals surface area contributed by atoms with E-state index < -0.39 is 10.0 Å². The van der Waals surface area contributed by atoms with E-state index in [-0.39, 0.29) is 4.21 Å². The summed E-state index contributed by atoms with van der Waals surface area (Å²) in [5.41, 5.74) is 0. The van der Waals surface area contributed by atoms with Gasteiger partial charge in [-0.1, -0.05) is 0 Å². The van der Waals surface area contributed by atoms with E-state index in [2.05, 4.69) is 11.0 Å². The topological polar surface area (TPSA) is 72.6 Å². The van der Waals surface area contributed by atoms with Crippen molar-refractivity contribution in [3.63, 3.8) is 0 Å². The summed E-state index contributed by atoms with van der Waals surface area (Å²) < 4.78 is 29.1. The molecule has 1 saturated heterocycles. The van der Waals surface area contributed by atoms with E-state index in [1.807, 2.05) is 0 Å². The van der Waals surface area contributed by atoms with Crippen molar-refractivity contribution >= 4 is 42.1 Å². The van der Waals surface area contributed by atoms with E-state index >= 15 is 0 Å². The average Bonchev–Trinajstić information content (AvgIpc) is 2.87. The van der Waals surface area contributed by atoms with Crippen molar-refractivity contribution in [3.8, 4) is 0 Å². The number of thiophene rings is 2. The summed E-state index contributed by atoms with van der Waals surface area (Å²) in [5, 5.41) is 6.11. The van der Waals surface area contributed by atoms with Crippen molar-refractivity contribution in [1.82, 2.24) is 4.90 Å². The van der Waals surface area contributed by atoms with E-state index in [1.54, 1.807) is 17.4 Å². The Balaban J connectivity index is 1.81. The van der Waals surface area contributed by atoms with Crippen LogP contribution in [0, 0.1) is 0 Å². The second-order valence-corrected chi connectivity index (χ2v) is 8.69. The zero-order valence-electron chi connectivity index (χ0n) is 10.2. The Morgan fingerprint density at radius 3 is 2.63 bits per heavy atom. The van der Waals surface area contributed by atoms with Crippen molar-refractivity contribution in [2.45, 2.75) is 10.8 Å². The lowest BCUT2D eigenvalue weighted by molar-refractivity contribution is 0.0346. The summed E-state index contributed by atoms with van der Waals surface area (Å²) in [6, 6.07) is 3.72. The van der Waals surface area contributed by atoms with Crippen LogP contribution in [0.5, 0.6) is 0 Å². The molecule has 0 aromatic carbocycles. The normalized spacial score (nSPS) is 18.2. The number of sulfonamides is 1. The fourth-order valence-electron chi connectivity index (χ4n) is 2.07. The molecule has 0 aliphatic carbocycles. The minimum atomic E-state index is -3.58. The van der Waals surface area contributed by atoms with Gasteiger partial charge >= 0.3 is 0 Å². The number of fused-ring (bicyclic) bond motifs is 1. The molecule has 1 fully saturated rings. The highest BCUT2D eigenvalue weighted by Gasteiger charge is 2.16. The summed E-state index contributed by atoms with van der Waals surface area (Å²) in [7, 11) is -3.58. The zero-order valence-corrected chi connectivity index (χ0v) is 12.6. The minimum absolute atomic E-state index is 0.242. The van der Waals surface area contributed by atoms with Gasteiger partial charge in [-0.3, -0.25) is 4.90 Å². The number of ether oxygens (including phenoxy) is 1. The molecule has 2 aromatic rings. The van der Waals surface area contributed by atoms with Crippen LogP contribution in [0.3, 0.4) is 0 Å². The van der Waals surface area contributed by atoms with Gasteiger partial charge in [0.1, 0.15) is 4.21 Å². The van der Waals surface area contributed by atoms with E-state index in [9.17, 15) is 8.42 Å². The molecule has 5 nitrogen and oxygen atoms in total. The van der Waals surface area contributed by atoms with Gasteiger partial charge in [0.15, 0.2) is 0 Å². The molecule has 3 rings (SSSR count). The molecule has 0 atom stereocenters. The predicted octanol–water partition coefficient (Wildman–Crippen LogP) is 1.44. The van der Waals surface area contributed by atoms with Crippen LogP contribution in [-0.2, 0) is 21.3 Å². The van der Waals surface area contributed by atoms with Gasteiger partial charge in [0.25, 0.3) is 0 Å². The van der Waals surface area contributed by atoms with E-state index in [1.165, 1.54) is 16.2 Å². The first-order valence-electron chi connectivity index (χ1n) is 5.87. The molecule has 0 spiro atoms. The van der Waals surface area contributed by atoms with Gasteiger partial charge in [-0.05, 0) is 12.1 Å². The lowest BCUT2D eigenvalue weighted by Crippen LogP contribution is -2.35. The third-order valence-corrected chi connectivity index (χ3v) is 6.80. The van der Waals surface area contributed by atoms with Crippen LogP contribution < -0.4 is 5.14 Å². The fraction of sp³-hybridized carbons (Fsp3) is 0.455. The second-order valence-electron chi connectivity index (χ2n) is 4.45. The third kappa shape index (κ3) is 2.99. The molecule has 2 N–H and O–H groups in total. The van der Waals surface area contributed by atoms with Crippen LogP contribution in [0.1, 0.15) is 4.88 Å². The number of nitrogens with two attached hydrogens (primary N) is 1. The molecule has 8 heteroatoms. The highest BCUT2D eigenvalue weighted by Crippen LogP contribution is 2.35. The Hall–Kier alpha value is -0.510. The summed E-state index contributed by atoms with van der Waals surface area (Å²) in [4.78, 5) is 3.60. The number of rotatable bonds is 3. The molecule has 104 valence electrons. The first kappa shape index (κ1) is 13.5. The fourth-order valence-corrected chi connectivity index (χ4v) is 5.50. The maximum atomic E-state index is 11.3. The SMILES string of the molecule is NS(=O)(=O)c1cc2cc(CN3CCOCC3)sc2s1. The molecular weight excluding hydrogens is 304 g/mol. The van der Waals surface area contributed by atoms with Crippen LogP contribution in [0.2, 0.25) is 0 Å². The number of primary sulfonamides is 1. The standard InChI is InChI=1S/C11H14N2O3S3/c12-19(14,15)10-6-8-5-9(17-11(8)18-10)7-13-1-3-16-4-2-13/h5-6H,1-4,7H2,(H2,12,14,15). The van der Waals surface area contributed by atoms with Gasteiger partial charge in [0, 0.05) is 29.9 Å². The largest absolute Gasteiger partial charge is 0.379 e. The predicted molar refractivity (Wildman–Crippen MR) is 77.2 cm³/mol. The first-order valence-corrected chi connectivity index (χ1v) is 9.05. The number of hydrogen-bond donors (Lipinski definition) is 1. The lowest BCUT2D eigenvalue weighted by atomic mass is 10.3. The minimum Gasteiger partial charge on any atom is -0.379 e. The maximum Gasteiger partial charge on any atom is 0.247 e. The maximum absolute atomic E-state index is 11.3. The van der Waals surface area contributed by atoms with Crippen LogP contribution in [0.25, 0.3) is 9.40 Å². The van der Waals surface area contributed by atoms with Gasteiger partial charge in [0.05, 0.1) is 17.2 Å². The smallest absolute Gasteiger partial charge is 0.247 e. The zero-order chi connectivity index (χ0) is 13.5. The van der Waals surface area contributed by atoms with Gasteiger partial charge in [-0.15, -0.1) is 22.7 Å². The van der Waals surface area contributed by atoms with Crippen molar-refractivity contribution in [2.24, 2.45) is 5.14 Å². The lowest BCUT2D eigenvalue weighted by Gasteiger charge is -2.25. The van der Waals surface area contributed by atoms with Crippen molar-refractivity contribution in [3.05, 3.63) is 17.0 Å². The Morgan fingerprint density at radius 1 is 1.26 bits per heavy atom. The summed E-state index contributed by atoms with van der Waals surface area (Å²) >= 11 is 2.89. The van der Waals surface area contributed by atoms with E-state index in [0.29, 0.717) is 0 Å². The summed E-state index contributed by atoms with van der Waals surface area (Å²) in [5.74, 6) is 0. The number of hydrogen-bond acceptors (Lipinski definition) is 6. The molecule has 0 unspecified atom stereocenters. The van der Waals surface area contributed by atoms with Gasteiger partial charge in [-0.2, -0.15) is 0 Å². The molecule has 0 bridgehead atoms. The Kier molecular flexibility index (Phi) is 3.63. The van der Waals surface area contributed by atoms with E-state index in [4.69, 9.17) is 9.88 Å².